The predicted molar refractivity (Wildman–Crippen MR) is 61.8 cm³/mol. The number of rotatable bonds is 6. The summed E-state index contributed by atoms with van der Waals surface area (Å²) in [6.45, 7) is 0.762. The van der Waals surface area contributed by atoms with Crippen molar-refractivity contribution in [2.45, 2.75) is 37.8 Å². The van der Waals surface area contributed by atoms with Crippen LogP contribution in [0.4, 0.5) is 0 Å². The highest BCUT2D eigenvalue weighted by Gasteiger charge is 2.27. The molecule has 1 aliphatic heterocycles. The summed E-state index contributed by atoms with van der Waals surface area (Å²) in [4.78, 5) is 33.6. The Morgan fingerprint density at radius 2 is 2.22 bits per heavy atom. The number of carbonyl (C=O) groups is 3. The van der Waals surface area contributed by atoms with Crippen LogP contribution in [-0.4, -0.2) is 48.7 Å². The summed E-state index contributed by atoms with van der Waals surface area (Å²) in [6.07, 6.45) is 1.60. The van der Waals surface area contributed by atoms with Gasteiger partial charge in [0.1, 0.15) is 6.04 Å². The third-order valence-corrected chi connectivity index (χ3v) is 2.86. The summed E-state index contributed by atoms with van der Waals surface area (Å²) >= 11 is 0. The first-order valence-electron chi connectivity index (χ1n) is 5.88. The van der Waals surface area contributed by atoms with E-state index in [2.05, 4.69) is 15.4 Å². The molecular formula is C11H18N2O5. The zero-order valence-corrected chi connectivity index (χ0v) is 10.3. The minimum absolute atomic E-state index is 0.0282. The Labute approximate surface area is 105 Å². The molecule has 1 aliphatic rings. The highest BCUT2D eigenvalue weighted by Crippen LogP contribution is 2.06. The van der Waals surface area contributed by atoms with E-state index in [0.717, 1.165) is 13.0 Å². The van der Waals surface area contributed by atoms with E-state index in [4.69, 9.17) is 5.11 Å². The number of hydrogen-bond acceptors (Lipinski definition) is 5. The minimum Gasteiger partial charge on any atom is -0.480 e. The van der Waals surface area contributed by atoms with Gasteiger partial charge in [-0.2, -0.15) is 0 Å². The largest absolute Gasteiger partial charge is 0.480 e. The summed E-state index contributed by atoms with van der Waals surface area (Å²) in [6, 6.07) is -1.39. The Kier molecular flexibility index (Phi) is 5.57. The van der Waals surface area contributed by atoms with Gasteiger partial charge in [-0.3, -0.25) is 9.59 Å². The number of carboxylic acids is 1. The average molecular weight is 258 g/mol. The Morgan fingerprint density at radius 1 is 1.50 bits per heavy atom. The van der Waals surface area contributed by atoms with Gasteiger partial charge in [-0.15, -0.1) is 0 Å². The molecule has 1 saturated heterocycles. The van der Waals surface area contributed by atoms with Crippen molar-refractivity contribution in [1.29, 1.82) is 0 Å². The molecule has 0 aromatic carbocycles. The van der Waals surface area contributed by atoms with E-state index in [1.165, 1.54) is 7.11 Å². The number of aliphatic carboxylic acids is 1. The van der Waals surface area contributed by atoms with Crippen LogP contribution in [0.25, 0.3) is 0 Å². The molecule has 0 aliphatic carbocycles. The van der Waals surface area contributed by atoms with Crippen molar-refractivity contribution >= 4 is 17.8 Å². The first-order valence-corrected chi connectivity index (χ1v) is 5.88. The molecule has 0 radical (unpaired) electrons. The third-order valence-electron chi connectivity index (χ3n) is 2.86. The van der Waals surface area contributed by atoms with Crippen LogP contribution in [0.2, 0.25) is 0 Å². The van der Waals surface area contributed by atoms with Crippen LogP contribution in [0, 0.1) is 0 Å². The molecule has 102 valence electrons. The second kappa shape index (κ2) is 6.95. The fourth-order valence-corrected chi connectivity index (χ4v) is 1.80. The smallest absolute Gasteiger partial charge is 0.326 e. The van der Waals surface area contributed by atoms with E-state index in [-0.39, 0.29) is 24.8 Å². The number of methoxy groups -OCH3 is 1. The fourth-order valence-electron chi connectivity index (χ4n) is 1.80. The Morgan fingerprint density at radius 3 is 2.72 bits per heavy atom. The van der Waals surface area contributed by atoms with Crippen molar-refractivity contribution in [3.05, 3.63) is 0 Å². The molecule has 1 rings (SSSR count). The van der Waals surface area contributed by atoms with Gasteiger partial charge in [-0.1, -0.05) is 0 Å². The van der Waals surface area contributed by atoms with Crippen LogP contribution in [0.1, 0.15) is 25.7 Å². The molecule has 7 nitrogen and oxygen atoms in total. The van der Waals surface area contributed by atoms with Gasteiger partial charge in [-0.05, 0) is 25.8 Å². The van der Waals surface area contributed by atoms with Crippen molar-refractivity contribution in [3.63, 3.8) is 0 Å². The fraction of sp³-hybridized carbons (Fsp3) is 0.727. The lowest BCUT2D eigenvalue weighted by Gasteiger charge is -2.17. The lowest BCUT2D eigenvalue weighted by atomic mass is 10.1. The van der Waals surface area contributed by atoms with Gasteiger partial charge >= 0.3 is 11.9 Å². The number of nitrogens with one attached hydrogen (secondary N) is 2. The average Bonchev–Trinajstić information content (AvgIpc) is 2.87. The molecule has 1 heterocycles. The van der Waals surface area contributed by atoms with Crippen molar-refractivity contribution in [2.24, 2.45) is 0 Å². The summed E-state index contributed by atoms with van der Waals surface area (Å²) in [5.74, 6) is -1.97. The molecule has 0 spiro atoms. The Balaban J connectivity index is 2.44. The summed E-state index contributed by atoms with van der Waals surface area (Å²) in [5, 5.41) is 14.4. The van der Waals surface area contributed by atoms with E-state index < -0.39 is 18.0 Å². The molecule has 1 fully saturated rings. The standard InChI is InChI=1S/C11H18N2O5/c1-18-9(14)5-4-8(11(16)17)13-10(15)7-3-2-6-12-7/h7-8,12H,2-6H2,1H3,(H,13,15)(H,16,17)/t7-,8-/m0/s1. The molecule has 0 aromatic rings. The van der Waals surface area contributed by atoms with Crippen molar-refractivity contribution in [1.82, 2.24) is 10.6 Å². The number of ether oxygens (including phenoxy) is 1. The van der Waals surface area contributed by atoms with Crippen LogP contribution in [0.15, 0.2) is 0 Å². The maximum atomic E-state index is 11.7. The maximum absolute atomic E-state index is 11.7. The molecule has 0 aromatic heterocycles. The third kappa shape index (κ3) is 4.33. The molecular weight excluding hydrogens is 240 g/mol. The molecule has 3 N–H and O–H groups in total. The normalized spacial score (nSPS) is 20.2. The Bertz CT molecular complexity index is 325. The van der Waals surface area contributed by atoms with E-state index in [9.17, 15) is 14.4 Å². The monoisotopic (exact) mass is 258 g/mol. The van der Waals surface area contributed by atoms with Crippen LogP contribution in [0.3, 0.4) is 0 Å². The van der Waals surface area contributed by atoms with Gasteiger partial charge in [0.15, 0.2) is 0 Å². The zero-order valence-electron chi connectivity index (χ0n) is 10.3. The SMILES string of the molecule is COC(=O)CC[C@H](NC(=O)[C@@H]1CCCN1)C(=O)O. The van der Waals surface area contributed by atoms with Gasteiger partial charge in [0.05, 0.1) is 13.2 Å². The van der Waals surface area contributed by atoms with Crippen molar-refractivity contribution in [2.75, 3.05) is 13.7 Å². The van der Waals surface area contributed by atoms with Crippen molar-refractivity contribution < 1.29 is 24.2 Å². The van der Waals surface area contributed by atoms with Gasteiger partial charge < -0.3 is 20.5 Å². The molecule has 7 heteroatoms. The van der Waals surface area contributed by atoms with Crippen molar-refractivity contribution in [3.8, 4) is 0 Å². The van der Waals surface area contributed by atoms with Gasteiger partial charge in [-0.25, -0.2) is 4.79 Å². The maximum Gasteiger partial charge on any atom is 0.326 e. The van der Waals surface area contributed by atoms with Crippen LogP contribution >= 0.6 is 0 Å². The Hall–Kier alpha value is -1.63. The number of carboxylic acid groups (broad SMARTS) is 1. The highest BCUT2D eigenvalue weighted by molar-refractivity contribution is 5.87. The topological polar surface area (TPSA) is 105 Å². The summed E-state index contributed by atoms with van der Waals surface area (Å²) in [5.41, 5.74) is 0. The van der Waals surface area contributed by atoms with E-state index >= 15 is 0 Å². The minimum atomic E-state index is -1.15. The van der Waals surface area contributed by atoms with Crippen LogP contribution < -0.4 is 10.6 Å². The predicted octanol–water partition coefficient (Wildman–Crippen LogP) is -0.739. The summed E-state index contributed by atoms with van der Waals surface area (Å²) < 4.78 is 4.43. The molecule has 2 atom stereocenters. The quantitative estimate of drug-likeness (QED) is 0.542. The lowest BCUT2D eigenvalue weighted by Crippen LogP contribution is -2.48. The number of esters is 1. The molecule has 0 unspecified atom stereocenters. The number of hydrogen-bond donors (Lipinski definition) is 3. The van der Waals surface area contributed by atoms with Crippen LogP contribution in [0.5, 0.6) is 0 Å². The summed E-state index contributed by atoms with van der Waals surface area (Å²) in [7, 11) is 1.24. The van der Waals surface area contributed by atoms with E-state index in [0.29, 0.717) is 6.42 Å². The van der Waals surface area contributed by atoms with Gasteiger partial charge in [0, 0.05) is 6.42 Å². The van der Waals surface area contributed by atoms with E-state index in [1.54, 1.807) is 0 Å². The first-order chi connectivity index (χ1) is 8.54. The lowest BCUT2D eigenvalue weighted by molar-refractivity contribution is -0.144. The molecule has 1 amide bonds. The molecule has 0 saturated carbocycles. The molecule has 0 bridgehead atoms. The first kappa shape index (κ1) is 14.4. The van der Waals surface area contributed by atoms with E-state index in [1.807, 2.05) is 0 Å². The number of carbonyl (C=O) groups excluding carboxylic acids is 2. The second-order valence-corrected chi connectivity index (χ2v) is 4.16. The highest BCUT2D eigenvalue weighted by atomic mass is 16.5. The van der Waals surface area contributed by atoms with Crippen LogP contribution in [-0.2, 0) is 19.1 Å². The second-order valence-electron chi connectivity index (χ2n) is 4.16. The zero-order chi connectivity index (χ0) is 13.5. The number of amides is 1. The van der Waals surface area contributed by atoms with Gasteiger partial charge in [0.25, 0.3) is 0 Å². The molecule has 18 heavy (non-hydrogen) atoms. The van der Waals surface area contributed by atoms with Gasteiger partial charge in [0.2, 0.25) is 5.91 Å².